The third kappa shape index (κ3) is 2.46. The fourth-order valence-electron chi connectivity index (χ4n) is 3.20. The van der Waals surface area contributed by atoms with Gasteiger partial charge in [0.1, 0.15) is 11.2 Å². The number of hydrogen-bond acceptors (Lipinski definition) is 3. The summed E-state index contributed by atoms with van der Waals surface area (Å²) in [6.45, 7) is 0. The van der Waals surface area contributed by atoms with Crippen molar-refractivity contribution in [1.29, 1.82) is 0 Å². The number of ketones is 1. The SMILES string of the molecule is O=C(c1ccccc1)c1c(-c2ccccc2)c([N+](=O)[O-])c2ccccn12. The molecule has 0 N–H and O–H groups in total. The molecule has 0 saturated carbocycles. The minimum absolute atomic E-state index is 0.0592. The van der Waals surface area contributed by atoms with Crippen LogP contribution in [0.3, 0.4) is 0 Å². The molecule has 0 atom stereocenters. The van der Waals surface area contributed by atoms with Crippen molar-refractivity contribution in [3.8, 4) is 11.1 Å². The molecule has 0 saturated heterocycles. The number of nitro groups is 1. The summed E-state index contributed by atoms with van der Waals surface area (Å²) >= 11 is 0. The van der Waals surface area contributed by atoms with Crippen LogP contribution in [0.5, 0.6) is 0 Å². The van der Waals surface area contributed by atoms with Crippen LogP contribution in [0.1, 0.15) is 16.1 Å². The summed E-state index contributed by atoms with van der Waals surface area (Å²) in [5.74, 6) is -0.251. The molecule has 0 amide bonds. The molecule has 5 heteroatoms. The fraction of sp³-hybridized carbons (Fsp3) is 0. The summed E-state index contributed by atoms with van der Waals surface area (Å²) in [5, 5.41) is 11.9. The molecular formula is C21H14N2O3. The first-order valence-electron chi connectivity index (χ1n) is 8.11. The van der Waals surface area contributed by atoms with Crippen LogP contribution in [0, 0.1) is 10.1 Å². The zero-order chi connectivity index (χ0) is 18.1. The Hall–Kier alpha value is -3.73. The number of carbonyl (C=O) groups excluding carboxylic acids is 1. The molecule has 0 aliphatic carbocycles. The Morgan fingerprint density at radius 3 is 2.12 bits per heavy atom. The number of rotatable bonds is 4. The van der Waals surface area contributed by atoms with Crippen molar-refractivity contribution in [3.63, 3.8) is 0 Å². The Bertz CT molecular complexity index is 1120. The highest BCUT2D eigenvalue weighted by atomic mass is 16.6. The van der Waals surface area contributed by atoms with E-state index in [1.165, 1.54) is 0 Å². The van der Waals surface area contributed by atoms with Gasteiger partial charge in [0, 0.05) is 11.8 Å². The third-order valence-electron chi connectivity index (χ3n) is 4.31. The molecule has 0 bridgehead atoms. The van der Waals surface area contributed by atoms with Gasteiger partial charge >= 0.3 is 5.69 Å². The number of aromatic nitrogens is 1. The highest BCUT2D eigenvalue weighted by Gasteiger charge is 2.31. The zero-order valence-electron chi connectivity index (χ0n) is 13.7. The molecule has 126 valence electrons. The molecule has 5 nitrogen and oxygen atoms in total. The summed E-state index contributed by atoms with van der Waals surface area (Å²) in [6, 6.07) is 23.0. The van der Waals surface area contributed by atoms with Crippen molar-refractivity contribution in [2.75, 3.05) is 0 Å². The van der Waals surface area contributed by atoms with Gasteiger partial charge in [0.05, 0.1) is 10.5 Å². The van der Waals surface area contributed by atoms with Crippen LogP contribution < -0.4 is 0 Å². The molecule has 2 aromatic carbocycles. The smallest absolute Gasteiger partial charge is 0.303 e. The van der Waals surface area contributed by atoms with Gasteiger partial charge < -0.3 is 4.40 Å². The van der Waals surface area contributed by atoms with Gasteiger partial charge in [-0.1, -0.05) is 66.7 Å². The van der Waals surface area contributed by atoms with E-state index in [1.807, 2.05) is 12.1 Å². The topological polar surface area (TPSA) is 64.6 Å². The maximum absolute atomic E-state index is 13.2. The van der Waals surface area contributed by atoms with Crippen LogP contribution in [-0.2, 0) is 0 Å². The Morgan fingerprint density at radius 2 is 1.46 bits per heavy atom. The van der Waals surface area contributed by atoms with Gasteiger partial charge in [0.25, 0.3) is 0 Å². The highest BCUT2D eigenvalue weighted by molar-refractivity contribution is 6.15. The van der Waals surface area contributed by atoms with E-state index < -0.39 is 4.92 Å². The largest absolute Gasteiger partial charge is 0.307 e. The van der Waals surface area contributed by atoms with E-state index in [0.29, 0.717) is 27.9 Å². The number of pyridine rings is 1. The Labute approximate surface area is 149 Å². The average molecular weight is 342 g/mol. The van der Waals surface area contributed by atoms with E-state index >= 15 is 0 Å². The summed E-state index contributed by atoms with van der Waals surface area (Å²) in [4.78, 5) is 24.7. The molecule has 2 heterocycles. The second-order valence-electron chi connectivity index (χ2n) is 5.85. The number of benzene rings is 2. The van der Waals surface area contributed by atoms with Crippen LogP contribution in [0.25, 0.3) is 16.6 Å². The maximum Gasteiger partial charge on any atom is 0.303 e. The lowest BCUT2D eigenvalue weighted by molar-refractivity contribution is -0.382. The molecule has 0 radical (unpaired) electrons. The minimum atomic E-state index is -0.417. The fourth-order valence-corrected chi connectivity index (χ4v) is 3.20. The lowest BCUT2D eigenvalue weighted by Crippen LogP contribution is -2.06. The summed E-state index contributed by atoms with van der Waals surface area (Å²) in [7, 11) is 0. The van der Waals surface area contributed by atoms with Crippen molar-refractivity contribution in [2.24, 2.45) is 0 Å². The van der Waals surface area contributed by atoms with Crippen LogP contribution >= 0.6 is 0 Å². The average Bonchev–Trinajstić information content (AvgIpc) is 3.04. The van der Waals surface area contributed by atoms with Crippen LogP contribution in [0.15, 0.2) is 85.1 Å². The van der Waals surface area contributed by atoms with Gasteiger partial charge in [-0.2, -0.15) is 0 Å². The maximum atomic E-state index is 13.2. The van der Waals surface area contributed by atoms with Gasteiger partial charge in [0.15, 0.2) is 0 Å². The molecular weight excluding hydrogens is 328 g/mol. The summed E-state index contributed by atoms with van der Waals surface area (Å²) in [6.07, 6.45) is 1.69. The van der Waals surface area contributed by atoms with E-state index in [9.17, 15) is 14.9 Å². The van der Waals surface area contributed by atoms with E-state index in [0.717, 1.165) is 0 Å². The van der Waals surface area contributed by atoms with E-state index in [2.05, 4.69) is 0 Å². The third-order valence-corrected chi connectivity index (χ3v) is 4.31. The summed E-state index contributed by atoms with van der Waals surface area (Å²) < 4.78 is 1.61. The molecule has 0 unspecified atom stereocenters. The molecule has 0 aliphatic rings. The quantitative estimate of drug-likeness (QED) is 0.305. The molecule has 26 heavy (non-hydrogen) atoms. The lowest BCUT2D eigenvalue weighted by Gasteiger charge is -2.06. The van der Waals surface area contributed by atoms with Gasteiger partial charge in [-0.15, -0.1) is 0 Å². The second-order valence-corrected chi connectivity index (χ2v) is 5.85. The van der Waals surface area contributed by atoms with E-state index in [-0.39, 0.29) is 11.5 Å². The predicted molar refractivity (Wildman–Crippen MR) is 99.4 cm³/mol. The van der Waals surface area contributed by atoms with Crippen molar-refractivity contribution >= 4 is 17.0 Å². The van der Waals surface area contributed by atoms with E-state index in [4.69, 9.17) is 0 Å². The first kappa shape index (κ1) is 15.8. The monoisotopic (exact) mass is 342 g/mol. The van der Waals surface area contributed by atoms with Crippen LogP contribution in [-0.4, -0.2) is 15.1 Å². The molecule has 4 aromatic rings. The molecule has 0 spiro atoms. The predicted octanol–water partition coefficient (Wildman–Crippen LogP) is 4.75. The van der Waals surface area contributed by atoms with Crippen molar-refractivity contribution in [1.82, 2.24) is 4.40 Å². The number of hydrogen-bond donors (Lipinski definition) is 0. The molecule has 4 rings (SSSR count). The van der Waals surface area contributed by atoms with Crippen molar-refractivity contribution in [3.05, 3.63) is 106 Å². The first-order chi connectivity index (χ1) is 12.7. The lowest BCUT2D eigenvalue weighted by atomic mass is 9.99. The second kappa shape index (κ2) is 6.29. The zero-order valence-corrected chi connectivity index (χ0v) is 13.7. The molecule has 2 aromatic heterocycles. The van der Waals surface area contributed by atoms with Crippen LogP contribution in [0.4, 0.5) is 5.69 Å². The van der Waals surface area contributed by atoms with Gasteiger partial charge in [-0.05, 0) is 17.7 Å². The number of nitrogens with zero attached hydrogens (tertiary/aromatic N) is 2. The van der Waals surface area contributed by atoms with Gasteiger partial charge in [-0.25, -0.2) is 0 Å². The Balaban J connectivity index is 2.12. The minimum Gasteiger partial charge on any atom is -0.307 e. The molecule has 0 aliphatic heterocycles. The standard InChI is InChI=1S/C21H14N2O3/c24-21(16-11-5-2-6-12-16)20-18(15-9-3-1-4-10-15)19(23(25)26)17-13-7-8-14-22(17)20/h1-14H. The van der Waals surface area contributed by atoms with Crippen molar-refractivity contribution < 1.29 is 9.72 Å². The Kier molecular flexibility index (Phi) is 3.82. The highest BCUT2D eigenvalue weighted by Crippen LogP contribution is 2.39. The Morgan fingerprint density at radius 1 is 0.846 bits per heavy atom. The van der Waals surface area contributed by atoms with Crippen molar-refractivity contribution in [2.45, 2.75) is 0 Å². The normalized spacial score (nSPS) is 10.8. The number of carbonyl (C=O) groups is 1. The van der Waals surface area contributed by atoms with E-state index in [1.54, 1.807) is 77.3 Å². The first-order valence-corrected chi connectivity index (χ1v) is 8.11. The summed E-state index contributed by atoms with van der Waals surface area (Å²) in [5.41, 5.74) is 2.11. The van der Waals surface area contributed by atoms with Crippen LogP contribution in [0.2, 0.25) is 0 Å². The van der Waals surface area contributed by atoms with Gasteiger partial charge in [0.2, 0.25) is 5.78 Å². The van der Waals surface area contributed by atoms with Gasteiger partial charge in [-0.3, -0.25) is 14.9 Å². The molecule has 0 fully saturated rings. The number of fused-ring (bicyclic) bond motifs is 1.